The molecule has 0 saturated carbocycles. The van der Waals surface area contributed by atoms with Crippen molar-refractivity contribution in [3.8, 4) is 0 Å². The highest BCUT2D eigenvalue weighted by Gasteiger charge is 2.67. The number of rotatable bonds is 0. The summed E-state index contributed by atoms with van der Waals surface area (Å²) in [7, 11) is 0. The normalized spacial score (nSPS) is 34.5. The summed E-state index contributed by atoms with van der Waals surface area (Å²) < 4.78 is 2.74. The molecule has 1 amide bonds. The van der Waals surface area contributed by atoms with Crippen molar-refractivity contribution in [2.75, 3.05) is 6.54 Å². The van der Waals surface area contributed by atoms with Crippen LogP contribution in [0.5, 0.6) is 0 Å². The molecule has 9 heteroatoms. The Morgan fingerprint density at radius 3 is 3.00 bits per heavy atom. The summed E-state index contributed by atoms with van der Waals surface area (Å²) in [6, 6.07) is 1.68. The maximum absolute atomic E-state index is 12.7. The van der Waals surface area contributed by atoms with Crippen molar-refractivity contribution in [3.05, 3.63) is 20.8 Å². The number of aromatic nitrogens is 1. The Kier molecular flexibility index (Phi) is 2.26. The molecule has 0 aromatic carbocycles. The smallest absolute Gasteiger partial charge is 0.288 e. The molecule has 3 aliphatic heterocycles. The van der Waals surface area contributed by atoms with Gasteiger partial charge in [-0.15, -0.1) is 0 Å². The summed E-state index contributed by atoms with van der Waals surface area (Å²) in [6.45, 7) is 0.567. The second kappa shape index (κ2) is 3.58. The van der Waals surface area contributed by atoms with Crippen LogP contribution in [0.2, 0.25) is 0 Å². The summed E-state index contributed by atoms with van der Waals surface area (Å²) in [5, 5.41) is 14.2. The molecule has 1 spiro atoms. The minimum absolute atomic E-state index is 0.136. The van der Waals surface area contributed by atoms with E-state index in [0.717, 1.165) is 6.42 Å². The van der Waals surface area contributed by atoms with Gasteiger partial charge in [0.25, 0.3) is 11.8 Å². The Morgan fingerprint density at radius 2 is 2.25 bits per heavy atom. The van der Waals surface area contributed by atoms with Gasteiger partial charge in [0.15, 0.2) is 11.6 Å². The van der Waals surface area contributed by atoms with E-state index in [1.807, 2.05) is 0 Å². The van der Waals surface area contributed by atoms with E-state index in [1.54, 1.807) is 11.0 Å². The number of aliphatic hydroxyl groups is 1. The van der Waals surface area contributed by atoms with Gasteiger partial charge in [-0.05, 0) is 50.8 Å². The van der Waals surface area contributed by atoms with Crippen LogP contribution in [0.4, 0.5) is 0 Å². The van der Waals surface area contributed by atoms with Crippen molar-refractivity contribution in [3.63, 3.8) is 0 Å². The number of nitrogens with two attached hydrogens (primary N) is 1. The molecule has 4 heterocycles. The van der Waals surface area contributed by atoms with Crippen molar-refractivity contribution in [2.45, 2.75) is 24.4 Å². The lowest BCUT2D eigenvalue weighted by Crippen LogP contribution is -2.71. The first-order valence-electron chi connectivity index (χ1n) is 6.16. The SMILES string of the molecule is NC1=N[C@@]2(O)n3c(cc(Br)c3Br)C(=O)N3CCC[C@]32N1. The third-order valence-electron chi connectivity index (χ3n) is 4.22. The second-order valence-electron chi connectivity index (χ2n) is 5.18. The number of fused-ring (bicyclic) bond motifs is 2. The van der Waals surface area contributed by atoms with Crippen LogP contribution >= 0.6 is 31.9 Å². The molecule has 2 atom stereocenters. The molecule has 0 unspecified atom stereocenters. The van der Waals surface area contributed by atoms with Crippen LogP contribution in [0.3, 0.4) is 0 Å². The Balaban J connectivity index is 2.08. The predicted octanol–water partition coefficient (Wildman–Crippen LogP) is 0.480. The number of halogens is 2. The number of aliphatic imine (C=N–C) groups is 1. The van der Waals surface area contributed by atoms with Gasteiger partial charge in [0.1, 0.15) is 10.3 Å². The zero-order valence-electron chi connectivity index (χ0n) is 10.2. The average molecular weight is 405 g/mol. The number of hydrogen-bond donors (Lipinski definition) is 3. The minimum atomic E-state index is -1.64. The molecule has 4 rings (SSSR count). The van der Waals surface area contributed by atoms with E-state index in [4.69, 9.17) is 5.73 Å². The maximum Gasteiger partial charge on any atom is 0.288 e. The van der Waals surface area contributed by atoms with Crippen LogP contribution in [0.1, 0.15) is 23.3 Å². The highest BCUT2D eigenvalue weighted by atomic mass is 79.9. The van der Waals surface area contributed by atoms with Gasteiger partial charge in [-0.2, -0.15) is 4.99 Å². The van der Waals surface area contributed by atoms with E-state index >= 15 is 0 Å². The van der Waals surface area contributed by atoms with Crippen molar-refractivity contribution in [1.82, 2.24) is 14.8 Å². The zero-order chi connectivity index (χ0) is 14.3. The number of carbonyl (C=O) groups excluding carboxylic acids is 1. The van der Waals surface area contributed by atoms with Gasteiger partial charge < -0.3 is 21.1 Å². The van der Waals surface area contributed by atoms with Crippen molar-refractivity contribution in [1.29, 1.82) is 0 Å². The van der Waals surface area contributed by atoms with Crippen LogP contribution in [0, 0.1) is 0 Å². The van der Waals surface area contributed by atoms with Gasteiger partial charge in [-0.25, -0.2) is 0 Å². The van der Waals surface area contributed by atoms with Gasteiger partial charge in [0.05, 0.1) is 4.47 Å². The topological polar surface area (TPSA) is 95.9 Å². The molecule has 1 aromatic rings. The van der Waals surface area contributed by atoms with E-state index in [1.165, 1.54) is 4.57 Å². The molecular weight excluding hydrogens is 394 g/mol. The van der Waals surface area contributed by atoms with Crippen LogP contribution in [0.25, 0.3) is 0 Å². The standard InChI is InChI=1S/C11H11Br2N5O2/c12-5-4-6-8(19)17-3-1-2-10(17)11(20,16-9(14)15-10)18(6)7(5)13/h4,20H,1-3H2,(H3,14,15,16)/t10-,11+/m0/s1. The fourth-order valence-corrected chi connectivity index (χ4v) is 4.40. The van der Waals surface area contributed by atoms with E-state index < -0.39 is 11.5 Å². The Morgan fingerprint density at radius 1 is 1.50 bits per heavy atom. The molecule has 1 fully saturated rings. The van der Waals surface area contributed by atoms with E-state index in [-0.39, 0.29) is 11.9 Å². The van der Waals surface area contributed by atoms with Gasteiger partial charge in [-0.3, -0.25) is 9.36 Å². The van der Waals surface area contributed by atoms with Crippen molar-refractivity contribution in [2.24, 2.45) is 10.7 Å². The van der Waals surface area contributed by atoms with Crippen LogP contribution in [-0.2, 0) is 5.85 Å². The number of nitrogens with one attached hydrogen (secondary N) is 1. The van der Waals surface area contributed by atoms with Gasteiger partial charge in [0, 0.05) is 6.54 Å². The summed E-state index contributed by atoms with van der Waals surface area (Å²) >= 11 is 6.76. The van der Waals surface area contributed by atoms with Gasteiger partial charge >= 0.3 is 0 Å². The first kappa shape index (κ1) is 12.7. The minimum Gasteiger partial charge on any atom is -0.370 e. The maximum atomic E-state index is 12.7. The van der Waals surface area contributed by atoms with Gasteiger partial charge in [-0.1, -0.05) is 0 Å². The monoisotopic (exact) mass is 403 g/mol. The summed E-state index contributed by atoms with van der Waals surface area (Å²) in [5.41, 5.74) is 5.17. The fraction of sp³-hybridized carbons (Fsp3) is 0.455. The summed E-state index contributed by atoms with van der Waals surface area (Å²) in [4.78, 5) is 18.5. The molecule has 0 bridgehead atoms. The molecule has 1 saturated heterocycles. The van der Waals surface area contributed by atoms with Crippen LogP contribution in [-0.4, -0.2) is 38.6 Å². The zero-order valence-corrected chi connectivity index (χ0v) is 13.4. The third-order valence-corrected chi connectivity index (χ3v) is 6.14. The number of hydrogen-bond acceptors (Lipinski definition) is 5. The van der Waals surface area contributed by atoms with E-state index in [9.17, 15) is 9.90 Å². The summed E-state index contributed by atoms with van der Waals surface area (Å²) in [6.07, 6.45) is 1.37. The number of nitrogens with zero attached hydrogens (tertiary/aromatic N) is 3. The molecule has 4 N–H and O–H groups in total. The summed E-state index contributed by atoms with van der Waals surface area (Å²) in [5.74, 6) is -1.64. The first-order chi connectivity index (χ1) is 9.41. The van der Waals surface area contributed by atoms with Crippen molar-refractivity contribution < 1.29 is 9.90 Å². The number of carbonyl (C=O) groups is 1. The quantitative estimate of drug-likeness (QED) is 0.586. The Hall–Kier alpha value is -1.06. The highest BCUT2D eigenvalue weighted by Crippen LogP contribution is 2.50. The predicted molar refractivity (Wildman–Crippen MR) is 77.8 cm³/mol. The molecular formula is C11H11Br2N5O2. The number of guanidine groups is 1. The lowest BCUT2D eigenvalue weighted by atomic mass is 9.98. The molecule has 20 heavy (non-hydrogen) atoms. The molecule has 1 aromatic heterocycles. The van der Waals surface area contributed by atoms with Crippen LogP contribution < -0.4 is 11.1 Å². The van der Waals surface area contributed by atoms with E-state index in [2.05, 4.69) is 42.2 Å². The lowest BCUT2D eigenvalue weighted by Gasteiger charge is -2.48. The third kappa shape index (κ3) is 1.16. The Labute approximate surface area is 131 Å². The first-order valence-corrected chi connectivity index (χ1v) is 7.74. The highest BCUT2D eigenvalue weighted by molar-refractivity contribution is 9.13. The number of amides is 1. The Bertz CT molecular complexity index is 687. The molecule has 0 radical (unpaired) electrons. The second-order valence-corrected chi connectivity index (χ2v) is 6.79. The van der Waals surface area contributed by atoms with Gasteiger partial charge in [0.2, 0.25) is 0 Å². The van der Waals surface area contributed by atoms with Crippen molar-refractivity contribution >= 4 is 43.7 Å². The fourth-order valence-electron chi connectivity index (χ4n) is 3.45. The molecule has 3 aliphatic rings. The van der Waals surface area contributed by atoms with E-state index in [0.29, 0.717) is 27.7 Å². The largest absolute Gasteiger partial charge is 0.370 e. The van der Waals surface area contributed by atoms with Crippen LogP contribution in [0.15, 0.2) is 20.1 Å². The molecule has 106 valence electrons. The lowest BCUT2D eigenvalue weighted by molar-refractivity contribution is -0.149. The molecule has 7 nitrogen and oxygen atoms in total. The average Bonchev–Trinajstić information content (AvgIpc) is 2.98. The molecule has 0 aliphatic carbocycles.